The number of rotatable bonds is 4. The molecule has 6 heteroatoms. The van der Waals surface area contributed by atoms with E-state index in [1.807, 2.05) is 43.3 Å². The molecule has 3 aromatic rings. The first kappa shape index (κ1) is 16.7. The van der Waals surface area contributed by atoms with Crippen LogP contribution in [0.15, 0.2) is 49.8 Å². The molecule has 0 amide bonds. The summed E-state index contributed by atoms with van der Waals surface area (Å²) < 4.78 is 12.8. The lowest BCUT2D eigenvalue weighted by atomic mass is 10.1. The van der Waals surface area contributed by atoms with E-state index in [1.54, 1.807) is 6.08 Å². The lowest BCUT2D eigenvalue weighted by molar-refractivity contribution is 0.336. The zero-order chi connectivity index (χ0) is 17.1. The van der Waals surface area contributed by atoms with Crippen LogP contribution >= 0.6 is 31.9 Å². The van der Waals surface area contributed by atoms with Gasteiger partial charge in [0.15, 0.2) is 5.58 Å². The molecule has 0 radical (unpaired) electrons. The molecule has 0 saturated heterocycles. The van der Waals surface area contributed by atoms with E-state index in [9.17, 15) is 5.26 Å². The summed E-state index contributed by atoms with van der Waals surface area (Å²) in [6.07, 6.45) is 1.73. The molecule has 0 aliphatic carbocycles. The highest BCUT2D eigenvalue weighted by atomic mass is 79.9. The van der Waals surface area contributed by atoms with E-state index in [1.165, 1.54) is 0 Å². The van der Waals surface area contributed by atoms with Gasteiger partial charge in [-0.25, -0.2) is 4.98 Å². The smallest absolute Gasteiger partial charge is 0.238 e. The monoisotopic (exact) mass is 446 g/mol. The normalized spacial score (nSPS) is 11.5. The van der Waals surface area contributed by atoms with Crippen molar-refractivity contribution in [2.24, 2.45) is 0 Å². The van der Waals surface area contributed by atoms with Crippen molar-refractivity contribution in [2.45, 2.75) is 6.92 Å². The standard InChI is InChI=1S/C18H12Br2N2O2/c1-2-23-17-13(19)8-11(9-14(17)20)7-12(10-21)18-22-15-5-3-4-6-16(15)24-18/h3-9H,2H2,1H3/b12-7+. The summed E-state index contributed by atoms with van der Waals surface area (Å²) >= 11 is 6.98. The molecule has 0 fully saturated rings. The third-order valence-corrected chi connectivity index (χ3v) is 4.44. The first-order chi connectivity index (χ1) is 11.6. The van der Waals surface area contributed by atoms with Gasteiger partial charge in [0.2, 0.25) is 5.89 Å². The lowest BCUT2D eigenvalue weighted by Gasteiger charge is -2.09. The van der Waals surface area contributed by atoms with Gasteiger partial charge in [0.25, 0.3) is 0 Å². The summed E-state index contributed by atoms with van der Waals surface area (Å²) in [6, 6.07) is 13.3. The van der Waals surface area contributed by atoms with Gasteiger partial charge in [0, 0.05) is 0 Å². The Morgan fingerprint density at radius 2 is 2.00 bits per heavy atom. The Morgan fingerprint density at radius 1 is 1.29 bits per heavy atom. The van der Waals surface area contributed by atoms with Crippen molar-refractivity contribution >= 4 is 54.6 Å². The molecule has 1 heterocycles. The Bertz CT molecular complexity index is 915. The fourth-order valence-electron chi connectivity index (χ4n) is 2.24. The van der Waals surface area contributed by atoms with Crippen LogP contribution in [-0.2, 0) is 0 Å². The average Bonchev–Trinajstić information content (AvgIpc) is 2.99. The number of oxazole rings is 1. The number of halogens is 2. The molecular formula is C18H12Br2N2O2. The van der Waals surface area contributed by atoms with Crippen molar-refractivity contribution in [3.05, 3.63) is 56.8 Å². The molecule has 0 aliphatic heterocycles. The summed E-state index contributed by atoms with van der Waals surface area (Å²) in [5.41, 5.74) is 2.57. The highest BCUT2D eigenvalue weighted by molar-refractivity contribution is 9.11. The molecule has 0 aliphatic rings. The van der Waals surface area contributed by atoms with E-state index >= 15 is 0 Å². The SMILES string of the molecule is CCOc1c(Br)cc(/C=C(\C#N)c2nc3ccccc3o2)cc1Br. The van der Waals surface area contributed by atoms with E-state index in [0.717, 1.165) is 25.8 Å². The summed E-state index contributed by atoms with van der Waals surface area (Å²) in [5, 5.41) is 9.48. The number of nitriles is 1. The summed E-state index contributed by atoms with van der Waals surface area (Å²) in [5.74, 6) is 1.04. The van der Waals surface area contributed by atoms with Crippen molar-refractivity contribution < 1.29 is 9.15 Å². The minimum atomic E-state index is 0.305. The Kier molecular flexibility index (Phi) is 5.03. The van der Waals surface area contributed by atoms with Gasteiger partial charge in [-0.15, -0.1) is 0 Å². The van der Waals surface area contributed by atoms with E-state index in [2.05, 4.69) is 42.9 Å². The van der Waals surface area contributed by atoms with Crippen LogP contribution in [0.2, 0.25) is 0 Å². The second kappa shape index (κ2) is 7.20. The number of hydrogen-bond donors (Lipinski definition) is 0. The molecule has 0 N–H and O–H groups in total. The van der Waals surface area contributed by atoms with E-state index in [-0.39, 0.29) is 0 Å². The van der Waals surface area contributed by atoms with Gasteiger partial charge in [0.1, 0.15) is 22.9 Å². The number of aromatic nitrogens is 1. The molecule has 0 atom stereocenters. The molecule has 2 aromatic carbocycles. The van der Waals surface area contributed by atoms with Crippen LogP contribution in [0.1, 0.15) is 18.4 Å². The minimum absolute atomic E-state index is 0.305. The third-order valence-electron chi connectivity index (χ3n) is 3.27. The first-order valence-corrected chi connectivity index (χ1v) is 8.80. The van der Waals surface area contributed by atoms with E-state index in [4.69, 9.17) is 9.15 Å². The molecule has 3 rings (SSSR count). The molecule has 24 heavy (non-hydrogen) atoms. The van der Waals surface area contributed by atoms with Gasteiger partial charge in [0.05, 0.1) is 15.6 Å². The lowest BCUT2D eigenvalue weighted by Crippen LogP contribution is -1.94. The van der Waals surface area contributed by atoms with Crippen LogP contribution in [0.4, 0.5) is 0 Å². The fraction of sp³-hybridized carbons (Fsp3) is 0.111. The molecule has 0 unspecified atom stereocenters. The molecule has 120 valence electrons. The molecule has 4 nitrogen and oxygen atoms in total. The predicted molar refractivity (Wildman–Crippen MR) is 101 cm³/mol. The van der Waals surface area contributed by atoms with Crippen LogP contribution in [0.5, 0.6) is 5.75 Å². The first-order valence-electron chi connectivity index (χ1n) is 7.22. The number of allylic oxidation sites excluding steroid dienone is 1. The zero-order valence-electron chi connectivity index (χ0n) is 12.7. The van der Waals surface area contributed by atoms with Crippen LogP contribution in [0, 0.1) is 11.3 Å². The third kappa shape index (κ3) is 3.37. The second-order valence-corrected chi connectivity index (χ2v) is 6.61. The Balaban J connectivity index is 2.03. The topological polar surface area (TPSA) is 59.0 Å². The number of nitrogens with zero attached hydrogens (tertiary/aromatic N) is 2. The summed E-state index contributed by atoms with van der Waals surface area (Å²) in [7, 11) is 0. The average molecular weight is 448 g/mol. The van der Waals surface area contributed by atoms with Crippen molar-refractivity contribution in [3.63, 3.8) is 0 Å². The van der Waals surface area contributed by atoms with Crippen molar-refractivity contribution in [1.82, 2.24) is 4.98 Å². The Hall–Kier alpha value is -2.10. The quantitative estimate of drug-likeness (QED) is 0.473. The van der Waals surface area contributed by atoms with E-state index in [0.29, 0.717) is 23.7 Å². The molecule has 0 bridgehead atoms. The van der Waals surface area contributed by atoms with Gasteiger partial charge in [-0.3, -0.25) is 0 Å². The van der Waals surface area contributed by atoms with Crippen molar-refractivity contribution in [2.75, 3.05) is 6.61 Å². The second-order valence-electron chi connectivity index (χ2n) is 4.90. The van der Waals surface area contributed by atoms with Crippen LogP contribution in [0.25, 0.3) is 22.7 Å². The van der Waals surface area contributed by atoms with E-state index < -0.39 is 0 Å². The van der Waals surface area contributed by atoms with Gasteiger partial charge >= 0.3 is 0 Å². The van der Waals surface area contributed by atoms with Crippen molar-refractivity contribution in [1.29, 1.82) is 5.26 Å². The van der Waals surface area contributed by atoms with Crippen molar-refractivity contribution in [3.8, 4) is 11.8 Å². The Morgan fingerprint density at radius 3 is 2.62 bits per heavy atom. The number of ether oxygens (including phenoxy) is 1. The number of hydrogen-bond acceptors (Lipinski definition) is 4. The molecule has 0 spiro atoms. The zero-order valence-corrected chi connectivity index (χ0v) is 15.9. The maximum Gasteiger partial charge on any atom is 0.238 e. The molecule has 0 saturated carbocycles. The highest BCUT2D eigenvalue weighted by Crippen LogP contribution is 2.36. The Labute approximate surface area is 156 Å². The fourth-order valence-corrected chi connectivity index (χ4v) is 3.69. The predicted octanol–water partition coefficient (Wildman–Crippen LogP) is 5.82. The number of benzene rings is 2. The van der Waals surface area contributed by atoms with Crippen LogP contribution < -0.4 is 4.74 Å². The largest absolute Gasteiger partial charge is 0.492 e. The number of fused-ring (bicyclic) bond motifs is 1. The molecule has 1 aromatic heterocycles. The minimum Gasteiger partial charge on any atom is -0.492 e. The number of para-hydroxylation sites is 2. The maximum atomic E-state index is 9.48. The van der Waals surface area contributed by atoms with Gasteiger partial charge in [-0.05, 0) is 74.7 Å². The summed E-state index contributed by atoms with van der Waals surface area (Å²) in [6.45, 7) is 2.49. The highest BCUT2D eigenvalue weighted by Gasteiger charge is 2.12. The van der Waals surface area contributed by atoms with Gasteiger partial charge < -0.3 is 9.15 Å². The maximum absolute atomic E-state index is 9.48. The van der Waals surface area contributed by atoms with Crippen LogP contribution in [0.3, 0.4) is 0 Å². The van der Waals surface area contributed by atoms with Crippen LogP contribution in [-0.4, -0.2) is 11.6 Å². The summed E-state index contributed by atoms with van der Waals surface area (Å²) in [4.78, 5) is 4.37. The van der Waals surface area contributed by atoms with Gasteiger partial charge in [-0.1, -0.05) is 12.1 Å². The van der Waals surface area contributed by atoms with Gasteiger partial charge in [-0.2, -0.15) is 5.26 Å². The molecular weight excluding hydrogens is 436 g/mol.